The Morgan fingerprint density at radius 1 is 1.29 bits per heavy atom. The van der Waals surface area contributed by atoms with Crippen LogP contribution in [0, 0.1) is 17.8 Å². The Hall–Kier alpha value is -1.34. The summed E-state index contributed by atoms with van der Waals surface area (Å²) >= 11 is 0. The van der Waals surface area contributed by atoms with Crippen molar-refractivity contribution in [3.8, 4) is 0 Å². The fourth-order valence-electron chi connectivity index (χ4n) is 2.42. The minimum atomic E-state index is -3.69. The molecule has 0 saturated carbocycles. The minimum Gasteiger partial charge on any atom is -0.477 e. The van der Waals surface area contributed by atoms with Crippen LogP contribution in [0.25, 0.3) is 0 Å². The number of aryl methyl sites for hydroxylation is 1. The molecule has 7 heteroatoms. The summed E-state index contributed by atoms with van der Waals surface area (Å²) in [6, 6.07) is 1.17. The number of nitrogens with one attached hydrogen (secondary N) is 1. The topological polar surface area (TPSA) is 88.4 Å². The molecule has 0 atom stereocenters. The first-order valence-electron chi connectivity index (χ1n) is 6.95. The van der Waals surface area contributed by atoms with Gasteiger partial charge in [0.05, 0.1) is 0 Å². The van der Waals surface area contributed by atoms with Gasteiger partial charge in [-0.25, -0.2) is 17.9 Å². The zero-order chi connectivity index (χ0) is 16.4. The van der Waals surface area contributed by atoms with Crippen LogP contribution in [0.5, 0.6) is 0 Å². The Kier molecular flexibility index (Phi) is 5.58. The maximum Gasteiger partial charge on any atom is 0.352 e. The number of hydrogen-bond acceptors (Lipinski definition) is 3. The van der Waals surface area contributed by atoms with Gasteiger partial charge in [-0.2, -0.15) is 0 Å². The predicted molar refractivity (Wildman–Crippen MR) is 80.7 cm³/mol. The first-order valence-corrected chi connectivity index (χ1v) is 8.44. The third-order valence-corrected chi connectivity index (χ3v) is 5.12. The van der Waals surface area contributed by atoms with Crippen molar-refractivity contribution in [3.05, 3.63) is 18.0 Å². The Labute approximate surface area is 126 Å². The van der Waals surface area contributed by atoms with Crippen molar-refractivity contribution in [1.29, 1.82) is 0 Å². The lowest BCUT2D eigenvalue weighted by atomic mass is 9.86. The van der Waals surface area contributed by atoms with E-state index in [1.54, 1.807) is 0 Å². The molecule has 0 fully saturated rings. The summed E-state index contributed by atoms with van der Waals surface area (Å²) in [4.78, 5) is 11.0. The van der Waals surface area contributed by atoms with E-state index in [0.717, 1.165) is 0 Å². The van der Waals surface area contributed by atoms with E-state index in [-0.39, 0.29) is 16.5 Å². The molecule has 0 aromatic carbocycles. The molecule has 1 rings (SSSR count). The number of rotatable bonds is 7. The second-order valence-corrected chi connectivity index (χ2v) is 7.75. The van der Waals surface area contributed by atoms with Gasteiger partial charge in [-0.3, -0.25) is 0 Å². The second-order valence-electron chi connectivity index (χ2n) is 5.98. The van der Waals surface area contributed by atoms with Gasteiger partial charge in [-0.15, -0.1) is 0 Å². The van der Waals surface area contributed by atoms with E-state index in [1.807, 2.05) is 0 Å². The third-order valence-electron chi connectivity index (χ3n) is 3.73. The summed E-state index contributed by atoms with van der Waals surface area (Å²) in [5.74, 6) is -0.209. The lowest BCUT2D eigenvalue weighted by Crippen LogP contribution is -2.33. The van der Waals surface area contributed by atoms with E-state index in [0.29, 0.717) is 18.4 Å². The predicted octanol–water partition coefficient (Wildman–Crippen LogP) is 1.93. The monoisotopic (exact) mass is 316 g/mol. The largest absolute Gasteiger partial charge is 0.477 e. The number of aromatic nitrogens is 1. The van der Waals surface area contributed by atoms with Crippen LogP contribution >= 0.6 is 0 Å². The maximum absolute atomic E-state index is 12.3. The molecule has 0 aliphatic rings. The Bertz CT molecular complexity index is 594. The van der Waals surface area contributed by atoms with E-state index in [2.05, 4.69) is 32.4 Å². The highest BCUT2D eigenvalue weighted by Gasteiger charge is 2.23. The molecule has 6 nitrogen and oxygen atoms in total. The summed E-state index contributed by atoms with van der Waals surface area (Å²) < 4.78 is 28.4. The number of carboxylic acid groups (broad SMARTS) is 1. The lowest BCUT2D eigenvalue weighted by molar-refractivity contribution is 0.0686. The van der Waals surface area contributed by atoms with Crippen molar-refractivity contribution in [2.24, 2.45) is 24.8 Å². The molecule has 1 aromatic heterocycles. The van der Waals surface area contributed by atoms with Crippen molar-refractivity contribution in [1.82, 2.24) is 9.29 Å². The molecule has 0 saturated heterocycles. The van der Waals surface area contributed by atoms with Crippen molar-refractivity contribution in [3.63, 3.8) is 0 Å². The van der Waals surface area contributed by atoms with Crippen LogP contribution in [0.4, 0.5) is 0 Å². The molecular weight excluding hydrogens is 292 g/mol. The highest BCUT2D eigenvalue weighted by atomic mass is 32.2. The van der Waals surface area contributed by atoms with Crippen LogP contribution in [0.2, 0.25) is 0 Å². The maximum atomic E-state index is 12.3. The number of carbonyl (C=O) groups is 1. The Morgan fingerprint density at radius 3 is 2.19 bits per heavy atom. The zero-order valence-corrected chi connectivity index (χ0v) is 13.9. The van der Waals surface area contributed by atoms with E-state index in [9.17, 15) is 13.2 Å². The first kappa shape index (κ1) is 17.7. The second kappa shape index (κ2) is 6.62. The van der Waals surface area contributed by atoms with Crippen LogP contribution in [0.15, 0.2) is 17.2 Å². The SMILES string of the molecule is CC(C)C(CNS(=O)(=O)c1cc(C(=O)O)n(C)c1)C(C)C. The summed E-state index contributed by atoms with van der Waals surface area (Å²) in [5, 5.41) is 8.97. The molecule has 1 aromatic rings. The van der Waals surface area contributed by atoms with Gasteiger partial charge in [0, 0.05) is 19.8 Å². The van der Waals surface area contributed by atoms with Crippen LogP contribution in [0.3, 0.4) is 0 Å². The van der Waals surface area contributed by atoms with Crippen molar-refractivity contribution >= 4 is 16.0 Å². The number of hydrogen-bond donors (Lipinski definition) is 2. The van der Waals surface area contributed by atoms with E-state index in [4.69, 9.17) is 5.11 Å². The minimum absolute atomic E-state index is 0.0198. The van der Waals surface area contributed by atoms with E-state index >= 15 is 0 Å². The molecule has 0 bridgehead atoms. The van der Waals surface area contributed by atoms with Crippen molar-refractivity contribution < 1.29 is 18.3 Å². The quantitative estimate of drug-likeness (QED) is 0.804. The van der Waals surface area contributed by atoms with Crippen molar-refractivity contribution in [2.75, 3.05) is 6.54 Å². The lowest BCUT2D eigenvalue weighted by Gasteiger charge is -2.24. The van der Waals surface area contributed by atoms with Crippen LogP contribution in [-0.2, 0) is 17.1 Å². The normalized spacial score (nSPS) is 12.6. The summed E-state index contributed by atoms with van der Waals surface area (Å²) in [7, 11) is -2.18. The number of sulfonamides is 1. The molecule has 120 valence electrons. The van der Waals surface area contributed by atoms with Gasteiger partial charge in [0.15, 0.2) is 0 Å². The molecule has 21 heavy (non-hydrogen) atoms. The summed E-state index contributed by atoms with van der Waals surface area (Å²) in [6.45, 7) is 8.58. The zero-order valence-electron chi connectivity index (χ0n) is 13.1. The van der Waals surface area contributed by atoms with Crippen molar-refractivity contribution in [2.45, 2.75) is 32.6 Å². The van der Waals surface area contributed by atoms with Gasteiger partial charge in [0.2, 0.25) is 10.0 Å². The number of nitrogens with zero attached hydrogens (tertiary/aromatic N) is 1. The first-order chi connectivity index (χ1) is 9.56. The Morgan fingerprint density at radius 2 is 1.81 bits per heavy atom. The summed E-state index contributed by atoms with van der Waals surface area (Å²) in [6.07, 6.45) is 1.31. The van der Waals surface area contributed by atoms with Gasteiger partial charge in [0.1, 0.15) is 10.6 Å². The molecule has 0 aliphatic carbocycles. The molecule has 2 N–H and O–H groups in total. The van der Waals surface area contributed by atoms with E-state index in [1.165, 1.54) is 23.9 Å². The molecule has 1 heterocycles. The van der Waals surface area contributed by atoms with E-state index < -0.39 is 16.0 Å². The highest BCUT2D eigenvalue weighted by Crippen LogP contribution is 2.21. The molecular formula is C14H24N2O4S. The molecule has 0 spiro atoms. The fraction of sp³-hybridized carbons (Fsp3) is 0.643. The standard InChI is InChI=1S/C14H24N2O4S/c1-9(2)12(10(3)4)7-15-21(19,20)11-6-13(14(17)18)16(5)8-11/h6,8-10,12,15H,7H2,1-5H3,(H,17,18). The van der Waals surface area contributed by atoms with Crippen LogP contribution < -0.4 is 4.72 Å². The molecule has 0 unspecified atom stereocenters. The smallest absolute Gasteiger partial charge is 0.352 e. The molecule has 0 radical (unpaired) electrons. The average Bonchev–Trinajstić information content (AvgIpc) is 2.71. The van der Waals surface area contributed by atoms with Gasteiger partial charge in [0.25, 0.3) is 0 Å². The molecule has 0 amide bonds. The molecule has 0 aliphatic heterocycles. The van der Waals surface area contributed by atoms with Gasteiger partial charge in [-0.05, 0) is 23.8 Å². The van der Waals surface area contributed by atoms with Crippen LogP contribution in [0.1, 0.15) is 38.2 Å². The number of carboxylic acids is 1. The van der Waals surface area contributed by atoms with Gasteiger partial charge in [-0.1, -0.05) is 27.7 Å². The fourth-order valence-corrected chi connectivity index (χ4v) is 3.57. The van der Waals surface area contributed by atoms with Gasteiger partial charge >= 0.3 is 5.97 Å². The summed E-state index contributed by atoms with van der Waals surface area (Å²) in [5.41, 5.74) is -0.0559. The van der Waals surface area contributed by atoms with Gasteiger partial charge < -0.3 is 9.67 Å². The highest BCUT2D eigenvalue weighted by molar-refractivity contribution is 7.89. The van der Waals surface area contributed by atoms with Crippen LogP contribution in [-0.4, -0.2) is 30.6 Å². The number of aromatic carboxylic acids is 1. The third kappa shape index (κ3) is 4.31. The Balaban J connectivity index is 2.92. The average molecular weight is 316 g/mol.